The van der Waals surface area contributed by atoms with Gasteiger partial charge in [-0.2, -0.15) is 0 Å². The molecular weight excluding hydrogens is 488 g/mol. The van der Waals surface area contributed by atoms with Crippen molar-refractivity contribution in [3.05, 3.63) is 70.8 Å². The number of nitrogens with one attached hydrogen (secondary N) is 2. The molecule has 2 saturated heterocycles. The Kier molecular flexibility index (Phi) is 7.84. The van der Waals surface area contributed by atoms with Gasteiger partial charge in [0.2, 0.25) is 11.8 Å². The van der Waals surface area contributed by atoms with E-state index in [0.29, 0.717) is 11.1 Å². The maximum absolute atomic E-state index is 13.6. The van der Waals surface area contributed by atoms with Crippen LogP contribution in [-0.2, 0) is 19.2 Å². The third-order valence-corrected chi connectivity index (χ3v) is 7.41. The molecule has 6 atom stereocenters. The molecule has 2 aromatic rings. The van der Waals surface area contributed by atoms with Crippen LogP contribution in [-0.4, -0.2) is 69.2 Å². The van der Waals surface area contributed by atoms with Crippen LogP contribution in [0.5, 0.6) is 0 Å². The van der Waals surface area contributed by atoms with Gasteiger partial charge in [-0.1, -0.05) is 59.7 Å². The Bertz CT molecular complexity index is 1120. The third kappa shape index (κ3) is 4.65. The molecular formula is C28H34N4O6. The van der Waals surface area contributed by atoms with Gasteiger partial charge in [-0.25, -0.2) is 10.0 Å². The number of likely N-dealkylation sites (N-methyl/N-ethyl adjacent to an activating group) is 2. The highest BCUT2D eigenvalue weighted by atomic mass is 16.4. The van der Waals surface area contributed by atoms with Gasteiger partial charge in [0.05, 0.1) is 12.1 Å². The number of rotatable bonds is 8. The van der Waals surface area contributed by atoms with E-state index in [1.807, 2.05) is 38.1 Å². The lowest BCUT2D eigenvalue weighted by atomic mass is 9.81. The van der Waals surface area contributed by atoms with E-state index in [4.69, 9.17) is 0 Å². The van der Waals surface area contributed by atoms with E-state index in [1.165, 1.54) is 0 Å². The highest BCUT2D eigenvalue weighted by Crippen LogP contribution is 2.55. The molecule has 0 saturated carbocycles. The van der Waals surface area contributed by atoms with Crippen LogP contribution in [0, 0.1) is 25.7 Å². The molecule has 10 heteroatoms. The van der Waals surface area contributed by atoms with Crippen LogP contribution < -0.4 is 10.6 Å². The molecule has 38 heavy (non-hydrogen) atoms. The van der Waals surface area contributed by atoms with Gasteiger partial charge >= 0.3 is 11.9 Å². The average molecular weight is 523 g/mol. The van der Waals surface area contributed by atoms with Gasteiger partial charge < -0.3 is 20.8 Å². The topological polar surface area (TPSA) is 139 Å². The number of aryl methyl sites for hydroxylation is 2. The smallest absolute Gasteiger partial charge is 0.310 e. The molecule has 0 aromatic heterocycles. The fourth-order valence-corrected chi connectivity index (χ4v) is 5.84. The molecule has 0 unspecified atom stereocenters. The molecule has 10 nitrogen and oxygen atoms in total. The Labute approximate surface area is 221 Å². The van der Waals surface area contributed by atoms with E-state index >= 15 is 0 Å². The number of hydrogen-bond acceptors (Lipinski definition) is 6. The summed E-state index contributed by atoms with van der Waals surface area (Å²) in [4.78, 5) is 52.8. The minimum absolute atomic E-state index is 0.266. The largest absolute Gasteiger partial charge is 0.481 e. The van der Waals surface area contributed by atoms with Crippen LogP contribution in [0.2, 0.25) is 0 Å². The number of aliphatic carboxylic acids is 2. The zero-order chi connectivity index (χ0) is 27.7. The van der Waals surface area contributed by atoms with E-state index in [0.717, 1.165) is 11.1 Å². The number of nitrogens with zero attached hydrogens (tertiary/aromatic N) is 2. The van der Waals surface area contributed by atoms with Crippen LogP contribution in [0.15, 0.2) is 48.5 Å². The number of hydrogen-bond donors (Lipinski definition) is 4. The summed E-state index contributed by atoms with van der Waals surface area (Å²) < 4.78 is 0. The number of carbonyl (C=O) groups is 4. The molecule has 2 aliphatic rings. The first-order chi connectivity index (χ1) is 18.1. The molecule has 0 spiro atoms. The van der Waals surface area contributed by atoms with Gasteiger partial charge in [-0.15, -0.1) is 0 Å². The Balaban J connectivity index is 2.02. The molecule has 2 fully saturated rings. The van der Waals surface area contributed by atoms with Crippen LogP contribution in [0.4, 0.5) is 0 Å². The summed E-state index contributed by atoms with van der Waals surface area (Å²) in [5.74, 6) is -5.99. The minimum Gasteiger partial charge on any atom is -0.481 e. The summed E-state index contributed by atoms with van der Waals surface area (Å²) in [6.45, 7) is 7.80. The Morgan fingerprint density at radius 1 is 0.658 bits per heavy atom. The molecule has 2 aromatic carbocycles. The van der Waals surface area contributed by atoms with E-state index in [2.05, 4.69) is 10.6 Å². The van der Waals surface area contributed by atoms with E-state index in [-0.39, 0.29) is 13.1 Å². The fourth-order valence-electron chi connectivity index (χ4n) is 5.84. The number of benzene rings is 2. The van der Waals surface area contributed by atoms with Crippen LogP contribution in [0.3, 0.4) is 0 Å². The Morgan fingerprint density at radius 2 is 0.974 bits per heavy atom. The zero-order valence-electron chi connectivity index (χ0n) is 21.9. The second-order valence-electron chi connectivity index (χ2n) is 9.88. The fraction of sp³-hybridized carbons (Fsp3) is 0.429. The quantitative estimate of drug-likeness (QED) is 0.413. The van der Waals surface area contributed by atoms with Crippen LogP contribution in [0.25, 0.3) is 0 Å². The number of hydrazine groups is 1. The number of carbonyl (C=O) groups excluding carboxylic acids is 2. The Hall–Kier alpha value is -3.76. The van der Waals surface area contributed by atoms with Gasteiger partial charge in [0.25, 0.3) is 0 Å². The van der Waals surface area contributed by atoms with Crippen molar-refractivity contribution in [1.82, 2.24) is 20.7 Å². The van der Waals surface area contributed by atoms with Crippen molar-refractivity contribution >= 4 is 23.8 Å². The van der Waals surface area contributed by atoms with Crippen LogP contribution >= 0.6 is 0 Å². The molecule has 2 aliphatic heterocycles. The molecule has 4 rings (SSSR count). The maximum Gasteiger partial charge on any atom is 0.310 e. The molecule has 2 heterocycles. The second kappa shape index (κ2) is 10.9. The van der Waals surface area contributed by atoms with Crippen LogP contribution in [0.1, 0.15) is 48.2 Å². The summed E-state index contributed by atoms with van der Waals surface area (Å²) >= 11 is 0. The third-order valence-electron chi connectivity index (χ3n) is 7.41. The number of carboxylic acids is 2. The summed E-state index contributed by atoms with van der Waals surface area (Å²) in [6.07, 6.45) is 0. The standard InChI is InChI=1S/C28H34N4O6/c1-5-29-25(33)23-19(27(35)36)21(17-11-7-15(3)8-12-17)32-24(26(34)30-6-2)20(28(37)38)22(31(23)32)18-13-9-16(4)10-14-18/h7-14,19-24H,5-6H2,1-4H3,(H,29,33)(H,30,34)(H,35,36)(H,37,38)/t19-,20+,21-,22-,23-,24-/m0/s1. The van der Waals surface area contributed by atoms with Crippen molar-refractivity contribution in [2.45, 2.75) is 51.9 Å². The Morgan fingerprint density at radius 3 is 1.24 bits per heavy atom. The van der Waals surface area contributed by atoms with Gasteiger partial charge in [-0.3, -0.25) is 19.2 Å². The first-order valence-electron chi connectivity index (χ1n) is 12.8. The lowest BCUT2D eigenvalue weighted by Gasteiger charge is -2.33. The number of amides is 2. The zero-order valence-corrected chi connectivity index (χ0v) is 21.9. The second-order valence-corrected chi connectivity index (χ2v) is 9.88. The van der Waals surface area contributed by atoms with E-state index < -0.39 is 59.8 Å². The summed E-state index contributed by atoms with van der Waals surface area (Å²) in [5, 5.41) is 29.6. The highest BCUT2D eigenvalue weighted by molar-refractivity contribution is 5.92. The molecule has 202 valence electrons. The molecule has 0 radical (unpaired) electrons. The highest BCUT2D eigenvalue weighted by Gasteiger charge is 2.67. The predicted octanol–water partition coefficient (Wildman–Crippen LogP) is 2.04. The van der Waals surface area contributed by atoms with Gasteiger partial charge in [0, 0.05) is 13.1 Å². The van der Waals surface area contributed by atoms with Crippen molar-refractivity contribution in [3.8, 4) is 0 Å². The van der Waals surface area contributed by atoms with Crippen molar-refractivity contribution in [2.75, 3.05) is 13.1 Å². The first-order valence-corrected chi connectivity index (χ1v) is 12.8. The van der Waals surface area contributed by atoms with Crippen molar-refractivity contribution in [1.29, 1.82) is 0 Å². The first kappa shape index (κ1) is 27.3. The minimum atomic E-state index is -1.26. The molecule has 2 amide bonds. The number of fused-ring (bicyclic) bond motifs is 1. The summed E-state index contributed by atoms with van der Waals surface area (Å²) in [7, 11) is 0. The lowest BCUT2D eigenvalue weighted by Crippen LogP contribution is -2.51. The molecule has 4 N–H and O–H groups in total. The van der Waals surface area contributed by atoms with Gasteiger partial charge in [0.15, 0.2) is 0 Å². The number of carboxylic acid groups (broad SMARTS) is 2. The average Bonchev–Trinajstić information content (AvgIpc) is 3.38. The summed E-state index contributed by atoms with van der Waals surface area (Å²) in [6, 6.07) is 10.0. The predicted molar refractivity (Wildman–Crippen MR) is 139 cm³/mol. The van der Waals surface area contributed by atoms with Crippen molar-refractivity contribution in [2.24, 2.45) is 11.8 Å². The molecule has 0 bridgehead atoms. The molecule has 0 aliphatic carbocycles. The van der Waals surface area contributed by atoms with E-state index in [9.17, 15) is 29.4 Å². The SMILES string of the molecule is CCNC(=O)[C@@H]1[C@H](C(=O)O)[C@H](c2ccc(C)cc2)N2[C@H](C(=O)NCC)[C@@H](C(=O)O)[C@H](c3ccc(C)cc3)N12. The maximum atomic E-state index is 13.6. The van der Waals surface area contributed by atoms with Gasteiger partial charge in [0.1, 0.15) is 23.9 Å². The summed E-state index contributed by atoms with van der Waals surface area (Å²) in [5.41, 5.74) is 3.09. The normalized spacial score (nSPS) is 27.1. The van der Waals surface area contributed by atoms with E-state index in [1.54, 1.807) is 48.1 Å². The lowest BCUT2D eigenvalue weighted by molar-refractivity contribution is -0.148. The van der Waals surface area contributed by atoms with Gasteiger partial charge in [-0.05, 0) is 38.8 Å². The van der Waals surface area contributed by atoms with Crippen molar-refractivity contribution < 1.29 is 29.4 Å². The monoisotopic (exact) mass is 522 g/mol. The van der Waals surface area contributed by atoms with Crippen molar-refractivity contribution in [3.63, 3.8) is 0 Å².